The molecule has 4 heteroatoms. The molecule has 2 fully saturated rings. The Kier molecular flexibility index (Phi) is 3.14. The molecule has 0 spiro atoms. The molecule has 1 heterocycles. The Morgan fingerprint density at radius 2 is 2.29 bits per heavy atom. The fourth-order valence-electron chi connectivity index (χ4n) is 3.56. The van der Waals surface area contributed by atoms with Crippen LogP contribution in [0.25, 0.3) is 0 Å². The minimum Gasteiger partial charge on any atom is -0.340 e. The zero-order chi connectivity index (χ0) is 11.7. The number of hydrogen-bond donors (Lipinski definition) is 1. The van der Waals surface area contributed by atoms with Crippen molar-refractivity contribution < 1.29 is 4.52 Å². The van der Waals surface area contributed by atoms with Crippen molar-refractivity contribution in [1.29, 1.82) is 0 Å². The second-order valence-corrected chi connectivity index (χ2v) is 5.62. The van der Waals surface area contributed by atoms with E-state index in [9.17, 15) is 0 Å². The van der Waals surface area contributed by atoms with E-state index in [0.717, 1.165) is 36.5 Å². The molecule has 4 nitrogen and oxygen atoms in total. The molecule has 3 atom stereocenters. The second-order valence-electron chi connectivity index (χ2n) is 5.62. The van der Waals surface area contributed by atoms with Crippen LogP contribution in [0.2, 0.25) is 0 Å². The summed E-state index contributed by atoms with van der Waals surface area (Å²) in [6, 6.07) is 0. The predicted molar refractivity (Wildman–Crippen MR) is 64.5 cm³/mol. The van der Waals surface area contributed by atoms with Crippen LogP contribution in [-0.4, -0.2) is 23.2 Å². The van der Waals surface area contributed by atoms with Crippen molar-refractivity contribution >= 4 is 0 Å². The number of nitrogens with one attached hydrogen (secondary N) is 1. The van der Waals surface area contributed by atoms with Crippen molar-refractivity contribution in [2.45, 2.75) is 39.0 Å². The molecule has 1 aromatic rings. The van der Waals surface area contributed by atoms with Gasteiger partial charge in [-0.15, -0.1) is 0 Å². The minimum absolute atomic E-state index is 0.660. The Morgan fingerprint density at radius 1 is 1.35 bits per heavy atom. The first-order chi connectivity index (χ1) is 8.31. The highest BCUT2D eigenvalue weighted by Crippen LogP contribution is 2.47. The maximum Gasteiger partial charge on any atom is 0.223 e. The van der Waals surface area contributed by atoms with Crippen molar-refractivity contribution in [3.8, 4) is 0 Å². The van der Waals surface area contributed by atoms with Crippen LogP contribution in [0.5, 0.6) is 0 Å². The molecule has 3 unspecified atom stereocenters. The van der Waals surface area contributed by atoms with Crippen LogP contribution in [0.1, 0.15) is 37.4 Å². The fraction of sp³-hybridized carbons (Fsp3) is 0.846. The molecule has 0 saturated heterocycles. The molecule has 2 bridgehead atoms. The van der Waals surface area contributed by atoms with Crippen LogP contribution in [0.15, 0.2) is 4.52 Å². The summed E-state index contributed by atoms with van der Waals surface area (Å²) < 4.78 is 4.95. The van der Waals surface area contributed by atoms with Gasteiger partial charge in [-0.3, -0.25) is 0 Å². The number of aryl methyl sites for hydroxylation is 1. The number of fused-ring (bicyclic) bond motifs is 2. The van der Waals surface area contributed by atoms with Gasteiger partial charge in [0.2, 0.25) is 5.89 Å². The maximum atomic E-state index is 4.95. The molecular weight excluding hydrogens is 214 g/mol. The Morgan fingerprint density at radius 3 is 2.94 bits per heavy atom. The maximum absolute atomic E-state index is 4.95. The van der Waals surface area contributed by atoms with Crippen LogP contribution in [0.3, 0.4) is 0 Å². The van der Waals surface area contributed by atoms with Crippen molar-refractivity contribution in [3.63, 3.8) is 0 Å². The average Bonchev–Trinajstić information content (AvgIpc) is 3.00. The first kappa shape index (κ1) is 11.2. The van der Waals surface area contributed by atoms with Crippen LogP contribution in [-0.2, 0) is 6.42 Å². The lowest BCUT2D eigenvalue weighted by molar-refractivity contribution is 0.319. The topological polar surface area (TPSA) is 51.0 Å². The third kappa shape index (κ3) is 2.51. The third-order valence-corrected chi connectivity index (χ3v) is 4.39. The molecule has 2 saturated carbocycles. The quantitative estimate of drug-likeness (QED) is 0.792. The van der Waals surface area contributed by atoms with Gasteiger partial charge >= 0.3 is 0 Å². The van der Waals surface area contributed by atoms with Gasteiger partial charge in [0, 0.05) is 19.9 Å². The van der Waals surface area contributed by atoms with Gasteiger partial charge in [0.15, 0.2) is 5.82 Å². The summed E-state index contributed by atoms with van der Waals surface area (Å²) in [5, 5.41) is 7.45. The SMILES string of the molecule is Cc1nc(CCNCC2CC3CCC2C3)no1. The monoisotopic (exact) mass is 235 g/mol. The van der Waals surface area contributed by atoms with Gasteiger partial charge in [-0.05, 0) is 43.6 Å². The van der Waals surface area contributed by atoms with E-state index in [-0.39, 0.29) is 0 Å². The Hall–Kier alpha value is -0.900. The van der Waals surface area contributed by atoms with Gasteiger partial charge < -0.3 is 9.84 Å². The number of nitrogens with zero attached hydrogens (tertiary/aromatic N) is 2. The second kappa shape index (κ2) is 4.77. The molecule has 0 radical (unpaired) electrons. The van der Waals surface area contributed by atoms with E-state index in [1.54, 1.807) is 0 Å². The fourth-order valence-corrected chi connectivity index (χ4v) is 3.56. The predicted octanol–water partition coefficient (Wildman–Crippen LogP) is 1.95. The van der Waals surface area contributed by atoms with Crippen molar-refractivity contribution in [2.24, 2.45) is 17.8 Å². The highest BCUT2D eigenvalue weighted by Gasteiger charge is 2.38. The van der Waals surface area contributed by atoms with Crippen molar-refractivity contribution in [3.05, 3.63) is 11.7 Å². The van der Waals surface area contributed by atoms with Gasteiger partial charge in [0.25, 0.3) is 0 Å². The van der Waals surface area contributed by atoms with Gasteiger partial charge in [-0.2, -0.15) is 4.98 Å². The molecule has 0 amide bonds. The lowest BCUT2D eigenvalue weighted by atomic mass is 9.89. The minimum atomic E-state index is 0.660. The Bertz CT molecular complexity index is 376. The summed E-state index contributed by atoms with van der Waals surface area (Å²) in [4.78, 5) is 4.20. The molecule has 2 aliphatic rings. The van der Waals surface area contributed by atoms with E-state index in [1.807, 2.05) is 6.92 Å². The van der Waals surface area contributed by atoms with E-state index >= 15 is 0 Å². The summed E-state index contributed by atoms with van der Waals surface area (Å²) in [6.07, 6.45) is 6.79. The largest absolute Gasteiger partial charge is 0.340 e. The Balaban J connectivity index is 1.36. The molecule has 1 aromatic heterocycles. The van der Waals surface area contributed by atoms with Crippen LogP contribution in [0.4, 0.5) is 0 Å². The zero-order valence-corrected chi connectivity index (χ0v) is 10.5. The number of rotatable bonds is 5. The van der Waals surface area contributed by atoms with Crippen molar-refractivity contribution in [1.82, 2.24) is 15.5 Å². The summed E-state index contributed by atoms with van der Waals surface area (Å²) in [5.74, 6) is 4.48. The van der Waals surface area contributed by atoms with Gasteiger partial charge in [-0.25, -0.2) is 0 Å². The lowest BCUT2D eigenvalue weighted by Crippen LogP contribution is -2.28. The van der Waals surface area contributed by atoms with Gasteiger partial charge in [-0.1, -0.05) is 11.6 Å². The van der Waals surface area contributed by atoms with Crippen LogP contribution in [0, 0.1) is 24.7 Å². The van der Waals surface area contributed by atoms with E-state index in [2.05, 4.69) is 15.5 Å². The first-order valence-electron chi connectivity index (χ1n) is 6.81. The molecule has 3 rings (SSSR count). The van der Waals surface area contributed by atoms with Gasteiger partial charge in [0.05, 0.1) is 0 Å². The molecule has 17 heavy (non-hydrogen) atoms. The van der Waals surface area contributed by atoms with Crippen molar-refractivity contribution in [2.75, 3.05) is 13.1 Å². The molecule has 0 aliphatic heterocycles. The number of aromatic nitrogens is 2. The van der Waals surface area contributed by atoms with Crippen LogP contribution >= 0.6 is 0 Å². The molecule has 1 N–H and O–H groups in total. The molecule has 2 aliphatic carbocycles. The summed E-state index contributed by atoms with van der Waals surface area (Å²) in [6.45, 7) is 3.98. The highest BCUT2D eigenvalue weighted by atomic mass is 16.5. The molecule has 0 aromatic carbocycles. The molecular formula is C13H21N3O. The summed E-state index contributed by atoms with van der Waals surface area (Å²) in [7, 11) is 0. The number of hydrogen-bond acceptors (Lipinski definition) is 4. The highest BCUT2D eigenvalue weighted by molar-refractivity contribution is 4.91. The molecule has 94 valence electrons. The van der Waals surface area contributed by atoms with E-state index < -0.39 is 0 Å². The summed E-state index contributed by atoms with van der Waals surface area (Å²) in [5.41, 5.74) is 0. The van der Waals surface area contributed by atoms with Gasteiger partial charge in [0.1, 0.15) is 0 Å². The standard InChI is InChI=1S/C13H21N3O/c1-9-15-13(16-17-9)4-5-14-8-12-7-10-2-3-11(12)6-10/h10-12,14H,2-8H2,1H3. The zero-order valence-electron chi connectivity index (χ0n) is 10.5. The lowest BCUT2D eigenvalue weighted by Gasteiger charge is -2.21. The normalized spacial score (nSPS) is 31.2. The third-order valence-electron chi connectivity index (χ3n) is 4.39. The van der Waals surface area contributed by atoms with Crippen LogP contribution < -0.4 is 5.32 Å². The Labute approximate surface area is 102 Å². The summed E-state index contributed by atoms with van der Waals surface area (Å²) >= 11 is 0. The smallest absolute Gasteiger partial charge is 0.223 e. The van der Waals surface area contributed by atoms with E-state index in [0.29, 0.717) is 5.89 Å². The first-order valence-corrected chi connectivity index (χ1v) is 6.81. The average molecular weight is 235 g/mol. The van der Waals surface area contributed by atoms with E-state index in [1.165, 1.54) is 32.2 Å². The van der Waals surface area contributed by atoms with E-state index in [4.69, 9.17) is 4.52 Å².